The second-order valence-corrected chi connectivity index (χ2v) is 14.0. The predicted molar refractivity (Wildman–Crippen MR) is 170 cm³/mol. The van der Waals surface area contributed by atoms with Crippen LogP contribution in [0.3, 0.4) is 0 Å². The Morgan fingerprint density at radius 2 is 1.74 bits per heavy atom. The van der Waals surface area contributed by atoms with E-state index in [2.05, 4.69) is 57.6 Å². The number of fused-ring (bicyclic) bond motifs is 5. The number of carboxylic acids is 1. The van der Waals surface area contributed by atoms with Gasteiger partial charge in [-0.3, -0.25) is 0 Å². The number of hydrogen-bond donors (Lipinski definition) is 2. The summed E-state index contributed by atoms with van der Waals surface area (Å²) in [6, 6.07) is 14.5. The number of likely N-dealkylation sites (N-methyl/N-ethyl adjacent to an activating group) is 3. The molecular weight excluding hydrogens is 550 g/mol. The molecule has 0 saturated heterocycles. The SMILES string of the molecule is CN(CCCS(N)(=O)=O)CCN(C)CC1Cn2c(c(C3CCCCC3)c3ccc(C(=O)O)cc32)-c2ccccc2N1C. The first-order chi connectivity index (χ1) is 20.0. The van der Waals surface area contributed by atoms with E-state index in [0.29, 0.717) is 24.4 Å². The van der Waals surface area contributed by atoms with Gasteiger partial charge in [0.15, 0.2) is 0 Å². The molecule has 2 aliphatic rings. The maximum atomic E-state index is 12.0. The minimum absolute atomic E-state index is 0.000938. The number of anilines is 1. The molecule has 0 spiro atoms. The number of rotatable bonds is 11. The van der Waals surface area contributed by atoms with Crippen molar-refractivity contribution >= 4 is 32.6 Å². The number of hydrogen-bond acceptors (Lipinski definition) is 6. The van der Waals surface area contributed by atoms with Crippen molar-refractivity contribution in [1.29, 1.82) is 0 Å². The van der Waals surface area contributed by atoms with Crippen molar-refractivity contribution in [1.82, 2.24) is 14.4 Å². The summed E-state index contributed by atoms with van der Waals surface area (Å²) < 4.78 is 25.0. The molecule has 42 heavy (non-hydrogen) atoms. The van der Waals surface area contributed by atoms with Crippen LogP contribution in [0.4, 0.5) is 5.69 Å². The fraction of sp³-hybridized carbons (Fsp3) is 0.531. The Morgan fingerprint density at radius 1 is 1.02 bits per heavy atom. The Balaban J connectivity index is 1.47. The van der Waals surface area contributed by atoms with Crippen LogP contribution < -0.4 is 10.0 Å². The molecule has 3 N–H and O–H groups in total. The van der Waals surface area contributed by atoms with E-state index in [9.17, 15) is 18.3 Å². The van der Waals surface area contributed by atoms with Crippen molar-refractivity contribution in [2.45, 2.75) is 57.0 Å². The number of para-hydroxylation sites is 1. The molecule has 1 saturated carbocycles. The summed E-state index contributed by atoms with van der Waals surface area (Å²) in [5.74, 6) is -0.434. The highest BCUT2D eigenvalue weighted by Crippen LogP contribution is 2.47. The van der Waals surface area contributed by atoms with E-state index in [4.69, 9.17) is 5.14 Å². The van der Waals surface area contributed by atoms with Crippen LogP contribution in [0.15, 0.2) is 42.5 Å². The first kappa shape index (κ1) is 30.5. The Labute approximate surface area is 249 Å². The predicted octanol–water partition coefficient (Wildman–Crippen LogP) is 4.41. The summed E-state index contributed by atoms with van der Waals surface area (Å²) >= 11 is 0. The zero-order chi connectivity index (χ0) is 30.0. The highest BCUT2D eigenvalue weighted by molar-refractivity contribution is 7.89. The number of aromatic carboxylic acids is 1. The lowest BCUT2D eigenvalue weighted by Crippen LogP contribution is -2.44. The normalized spacial score (nSPS) is 18.0. The van der Waals surface area contributed by atoms with Crippen LogP contribution in [0.5, 0.6) is 0 Å². The highest BCUT2D eigenvalue weighted by Gasteiger charge is 2.33. The quantitative estimate of drug-likeness (QED) is 0.338. The van der Waals surface area contributed by atoms with E-state index in [0.717, 1.165) is 31.7 Å². The van der Waals surface area contributed by atoms with Crippen LogP contribution in [0.2, 0.25) is 0 Å². The number of carbonyl (C=O) groups is 1. The Hall–Kier alpha value is -2.92. The molecule has 9 nitrogen and oxygen atoms in total. The average Bonchev–Trinajstić information content (AvgIpc) is 3.22. The summed E-state index contributed by atoms with van der Waals surface area (Å²) in [6.45, 7) is 3.91. The van der Waals surface area contributed by atoms with Gasteiger partial charge in [-0.25, -0.2) is 18.4 Å². The van der Waals surface area contributed by atoms with Gasteiger partial charge in [-0.15, -0.1) is 0 Å². The molecular formula is C32H45N5O4S. The minimum Gasteiger partial charge on any atom is -0.478 e. The molecule has 0 radical (unpaired) electrons. The first-order valence-electron chi connectivity index (χ1n) is 15.1. The van der Waals surface area contributed by atoms with Gasteiger partial charge in [0.2, 0.25) is 10.0 Å². The molecule has 1 fully saturated rings. The second-order valence-electron chi connectivity index (χ2n) is 12.3. The summed E-state index contributed by atoms with van der Waals surface area (Å²) in [6.07, 6.45) is 6.60. The fourth-order valence-electron chi connectivity index (χ4n) is 6.93. The zero-order valence-corrected chi connectivity index (χ0v) is 25.9. The smallest absolute Gasteiger partial charge is 0.335 e. The maximum Gasteiger partial charge on any atom is 0.335 e. The number of nitrogens with zero attached hydrogens (tertiary/aromatic N) is 4. The van der Waals surface area contributed by atoms with Crippen molar-refractivity contribution < 1.29 is 18.3 Å². The van der Waals surface area contributed by atoms with E-state index in [1.54, 1.807) is 6.07 Å². The molecule has 0 amide bonds. The van der Waals surface area contributed by atoms with Gasteiger partial charge >= 0.3 is 5.97 Å². The molecule has 2 aromatic carbocycles. The molecule has 3 aromatic rings. The van der Waals surface area contributed by atoms with Gasteiger partial charge in [-0.2, -0.15) is 0 Å². The van der Waals surface area contributed by atoms with Crippen LogP contribution in [-0.4, -0.2) is 93.0 Å². The van der Waals surface area contributed by atoms with Gasteiger partial charge in [-0.05, 0) is 69.6 Å². The van der Waals surface area contributed by atoms with Crippen LogP contribution >= 0.6 is 0 Å². The largest absolute Gasteiger partial charge is 0.478 e. The third-order valence-electron chi connectivity index (χ3n) is 9.20. The molecule has 1 atom stereocenters. The van der Waals surface area contributed by atoms with Gasteiger partial charge in [0.05, 0.1) is 23.1 Å². The molecule has 1 aliphatic carbocycles. The van der Waals surface area contributed by atoms with E-state index < -0.39 is 16.0 Å². The Morgan fingerprint density at radius 3 is 2.45 bits per heavy atom. The number of aromatic nitrogens is 1. The number of primary sulfonamides is 1. The molecule has 228 valence electrons. The first-order valence-corrected chi connectivity index (χ1v) is 16.8. The Bertz CT molecular complexity index is 1530. The standard InChI is InChI=1S/C32H45N5O4S/c1-34(16-9-19-42(33,40)41)17-18-35(2)21-25-22-37-29-20-24(32(38)39)14-15-26(29)30(23-10-5-4-6-11-23)31(37)27-12-7-8-13-28(27)36(25)3/h7-8,12-15,20,23,25H,4-6,9-11,16-19,21-22H2,1-3H3,(H,38,39)(H2,33,40,41). The zero-order valence-electron chi connectivity index (χ0n) is 25.1. The van der Waals surface area contributed by atoms with E-state index in [1.165, 1.54) is 60.0 Å². The van der Waals surface area contributed by atoms with E-state index >= 15 is 0 Å². The highest BCUT2D eigenvalue weighted by atomic mass is 32.2. The molecule has 0 bridgehead atoms. The van der Waals surface area contributed by atoms with Crippen molar-refractivity contribution in [3.8, 4) is 11.3 Å². The Kier molecular flexibility index (Phi) is 9.27. The molecule has 1 unspecified atom stereocenters. The number of sulfonamides is 1. The van der Waals surface area contributed by atoms with Crippen molar-refractivity contribution in [3.63, 3.8) is 0 Å². The lowest BCUT2D eigenvalue weighted by atomic mass is 9.81. The lowest BCUT2D eigenvalue weighted by molar-refractivity contribution is 0.0697. The van der Waals surface area contributed by atoms with Crippen LogP contribution in [0, 0.1) is 0 Å². The second kappa shape index (κ2) is 12.8. The van der Waals surface area contributed by atoms with Gasteiger partial charge in [0, 0.05) is 55.4 Å². The third kappa shape index (κ3) is 6.67. The van der Waals surface area contributed by atoms with Gasteiger partial charge < -0.3 is 24.4 Å². The van der Waals surface area contributed by atoms with Gasteiger partial charge in [-0.1, -0.05) is 43.5 Å². The van der Waals surface area contributed by atoms with Crippen molar-refractivity contribution in [3.05, 3.63) is 53.6 Å². The lowest BCUT2D eigenvalue weighted by Gasteiger charge is -2.33. The molecule has 2 heterocycles. The number of nitrogens with two attached hydrogens (primary N) is 1. The van der Waals surface area contributed by atoms with Crippen LogP contribution in [0.25, 0.3) is 22.2 Å². The topological polar surface area (TPSA) is 112 Å². The maximum absolute atomic E-state index is 12.0. The summed E-state index contributed by atoms with van der Waals surface area (Å²) in [4.78, 5) is 18.9. The molecule has 5 rings (SSSR count). The summed E-state index contributed by atoms with van der Waals surface area (Å²) in [5, 5.41) is 16.2. The van der Waals surface area contributed by atoms with Crippen LogP contribution in [-0.2, 0) is 16.6 Å². The van der Waals surface area contributed by atoms with Crippen LogP contribution in [0.1, 0.15) is 60.4 Å². The van der Waals surface area contributed by atoms with Crippen molar-refractivity contribution in [2.24, 2.45) is 5.14 Å². The monoisotopic (exact) mass is 595 g/mol. The minimum atomic E-state index is -3.44. The summed E-state index contributed by atoms with van der Waals surface area (Å²) in [5.41, 5.74) is 6.39. The average molecular weight is 596 g/mol. The third-order valence-corrected chi connectivity index (χ3v) is 10.1. The van der Waals surface area contributed by atoms with E-state index in [1.807, 2.05) is 19.2 Å². The van der Waals surface area contributed by atoms with Crippen molar-refractivity contribution in [2.75, 3.05) is 58.0 Å². The van der Waals surface area contributed by atoms with Gasteiger partial charge in [0.25, 0.3) is 0 Å². The molecule has 1 aromatic heterocycles. The van der Waals surface area contributed by atoms with E-state index in [-0.39, 0.29) is 11.8 Å². The number of carboxylic acid groups (broad SMARTS) is 1. The van der Waals surface area contributed by atoms with Gasteiger partial charge in [0.1, 0.15) is 0 Å². The molecule has 1 aliphatic heterocycles. The summed E-state index contributed by atoms with van der Waals surface area (Å²) in [7, 11) is 2.88. The number of benzene rings is 2. The fourth-order valence-corrected chi connectivity index (χ4v) is 7.46. The molecule has 10 heteroatoms.